The van der Waals surface area contributed by atoms with Gasteiger partial charge in [-0.3, -0.25) is 4.79 Å². The Morgan fingerprint density at radius 3 is 2.75 bits per heavy atom. The lowest BCUT2D eigenvalue weighted by Crippen LogP contribution is -2.15. The fourth-order valence-corrected chi connectivity index (χ4v) is 1.58. The van der Waals surface area contributed by atoms with Crippen molar-refractivity contribution in [2.24, 2.45) is 7.05 Å². The summed E-state index contributed by atoms with van der Waals surface area (Å²) >= 11 is 0. The largest absolute Gasteiger partial charge is 0.511 e. The van der Waals surface area contributed by atoms with Crippen molar-refractivity contribution in [1.29, 1.82) is 0 Å². The average molecular weight is 219 g/mol. The second-order valence-electron chi connectivity index (χ2n) is 3.32. The Balaban J connectivity index is 2.75. The molecule has 1 heterocycles. The van der Waals surface area contributed by atoms with Gasteiger partial charge >= 0.3 is 6.16 Å². The van der Waals surface area contributed by atoms with Gasteiger partial charge in [-0.15, -0.1) is 0 Å². The molecule has 16 heavy (non-hydrogen) atoms. The van der Waals surface area contributed by atoms with E-state index in [0.717, 1.165) is 5.52 Å². The maximum Gasteiger partial charge on any atom is 0.511 e. The van der Waals surface area contributed by atoms with Crippen LogP contribution >= 0.6 is 0 Å². The van der Waals surface area contributed by atoms with Crippen LogP contribution in [-0.4, -0.2) is 15.8 Å². The molecule has 0 atom stereocenters. The Bertz CT molecular complexity index is 615. The highest BCUT2D eigenvalue weighted by Gasteiger charge is 2.10. The zero-order chi connectivity index (χ0) is 11.7. The SMILES string of the molecule is Cn1cc(OC(=O)O)c(=O)c2ccccc21. The van der Waals surface area contributed by atoms with E-state index < -0.39 is 11.6 Å². The fourth-order valence-electron chi connectivity index (χ4n) is 1.58. The van der Waals surface area contributed by atoms with E-state index in [1.165, 1.54) is 6.20 Å². The Labute approximate surface area is 90.5 Å². The van der Waals surface area contributed by atoms with E-state index in [1.807, 2.05) is 0 Å². The molecule has 1 aromatic heterocycles. The van der Waals surface area contributed by atoms with Crippen molar-refractivity contribution < 1.29 is 14.6 Å². The molecule has 2 aromatic rings. The predicted molar refractivity (Wildman–Crippen MR) is 57.8 cm³/mol. The number of nitrogens with zero attached hydrogens (tertiary/aromatic N) is 1. The molecule has 0 radical (unpaired) electrons. The second kappa shape index (κ2) is 3.69. The number of pyridine rings is 1. The van der Waals surface area contributed by atoms with E-state index >= 15 is 0 Å². The number of rotatable bonds is 1. The van der Waals surface area contributed by atoms with E-state index in [4.69, 9.17) is 5.11 Å². The molecule has 5 nitrogen and oxygen atoms in total. The molecule has 2 rings (SSSR count). The van der Waals surface area contributed by atoms with Crippen LogP contribution in [0.3, 0.4) is 0 Å². The van der Waals surface area contributed by atoms with Gasteiger partial charge in [0.2, 0.25) is 5.43 Å². The summed E-state index contributed by atoms with van der Waals surface area (Å²) in [5, 5.41) is 8.92. The summed E-state index contributed by atoms with van der Waals surface area (Å²) in [6, 6.07) is 6.93. The highest BCUT2D eigenvalue weighted by atomic mass is 16.7. The fraction of sp³-hybridized carbons (Fsp3) is 0.0909. The first kappa shape index (κ1) is 10.2. The molecule has 1 aromatic carbocycles. The number of fused-ring (bicyclic) bond motifs is 1. The van der Waals surface area contributed by atoms with Crippen molar-refractivity contribution in [2.75, 3.05) is 0 Å². The number of aryl methyl sites for hydroxylation is 1. The molecular weight excluding hydrogens is 210 g/mol. The first-order chi connectivity index (χ1) is 7.59. The van der Waals surface area contributed by atoms with Crippen molar-refractivity contribution in [2.45, 2.75) is 0 Å². The lowest BCUT2D eigenvalue weighted by molar-refractivity contribution is 0.144. The molecular formula is C11H9NO4. The molecule has 0 aliphatic heterocycles. The Kier molecular flexibility index (Phi) is 2.36. The third-order valence-corrected chi connectivity index (χ3v) is 2.26. The summed E-state index contributed by atoms with van der Waals surface area (Å²) in [6.07, 6.45) is -0.133. The molecule has 0 saturated carbocycles. The van der Waals surface area contributed by atoms with Crippen LogP contribution in [0.4, 0.5) is 4.79 Å². The van der Waals surface area contributed by atoms with Gasteiger partial charge in [0.05, 0.1) is 11.7 Å². The van der Waals surface area contributed by atoms with Crippen LogP contribution in [0, 0.1) is 0 Å². The number of carbonyl (C=O) groups is 1. The summed E-state index contributed by atoms with van der Waals surface area (Å²) < 4.78 is 6.07. The van der Waals surface area contributed by atoms with E-state index in [9.17, 15) is 9.59 Å². The first-order valence-corrected chi connectivity index (χ1v) is 4.59. The average Bonchev–Trinajstić information content (AvgIpc) is 2.25. The van der Waals surface area contributed by atoms with Crippen molar-refractivity contribution in [3.05, 3.63) is 40.7 Å². The van der Waals surface area contributed by atoms with Crippen molar-refractivity contribution in [3.63, 3.8) is 0 Å². The molecule has 0 aliphatic carbocycles. The van der Waals surface area contributed by atoms with E-state index in [2.05, 4.69) is 4.74 Å². The monoisotopic (exact) mass is 219 g/mol. The molecule has 0 saturated heterocycles. The molecule has 0 amide bonds. The van der Waals surface area contributed by atoms with Gasteiger partial charge in [0, 0.05) is 12.4 Å². The van der Waals surface area contributed by atoms with Crippen LogP contribution in [0.2, 0.25) is 0 Å². The van der Waals surface area contributed by atoms with Crippen LogP contribution in [0.15, 0.2) is 35.3 Å². The molecule has 82 valence electrons. The van der Waals surface area contributed by atoms with Gasteiger partial charge in [0.1, 0.15) is 0 Å². The highest BCUT2D eigenvalue weighted by Crippen LogP contribution is 2.13. The molecule has 0 unspecified atom stereocenters. The van der Waals surface area contributed by atoms with Gasteiger partial charge in [0.25, 0.3) is 0 Å². The summed E-state index contributed by atoms with van der Waals surface area (Å²) in [5.41, 5.74) is 0.307. The summed E-state index contributed by atoms with van der Waals surface area (Å²) in [7, 11) is 1.72. The molecule has 0 spiro atoms. The lowest BCUT2D eigenvalue weighted by Gasteiger charge is -2.07. The summed E-state index contributed by atoms with van der Waals surface area (Å²) in [5.74, 6) is -0.186. The number of aromatic nitrogens is 1. The Morgan fingerprint density at radius 2 is 2.06 bits per heavy atom. The van der Waals surface area contributed by atoms with Crippen LogP contribution in [0.5, 0.6) is 5.75 Å². The number of hydrogen-bond acceptors (Lipinski definition) is 3. The minimum Gasteiger partial charge on any atom is -0.449 e. The molecule has 1 N–H and O–H groups in total. The molecule has 5 heteroatoms. The van der Waals surface area contributed by atoms with Crippen LogP contribution in [0.1, 0.15) is 0 Å². The highest BCUT2D eigenvalue weighted by molar-refractivity contribution is 5.80. The van der Waals surface area contributed by atoms with E-state index in [1.54, 1.807) is 35.9 Å². The minimum absolute atomic E-state index is 0.186. The van der Waals surface area contributed by atoms with Gasteiger partial charge in [-0.2, -0.15) is 0 Å². The topological polar surface area (TPSA) is 68.5 Å². The van der Waals surface area contributed by atoms with Crippen molar-refractivity contribution in [1.82, 2.24) is 4.57 Å². The molecule has 0 bridgehead atoms. The second-order valence-corrected chi connectivity index (χ2v) is 3.32. The smallest absolute Gasteiger partial charge is 0.449 e. The predicted octanol–water partition coefficient (Wildman–Crippen LogP) is 1.60. The number of carboxylic acid groups (broad SMARTS) is 1. The van der Waals surface area contributed by atoms with Crippen molar-refractivity contribution in [3.8, 4) is 5.75 Å². The zero-order valence-corrected chi connectivity index (χ0v) is 8.51. The maximum atomic E-state index is 11.8. The Hall–Kier alpha value is -2.30. The van der Waals surface area contributed by atoms with Gasteiger partial charge < -0.3 is 14.4 Å². The Morgan fingerprint density at radius 1 is 1.38 bits per heavy atom. The third-order valence-electron chi connectivity index (χ3n) is 2.26. The quantitative estimate of drug-likeness (QED) is 0.739. The van der Waals surface area contributed by atoms with Gasteiger partial charge in [-0.1, -0.05) is 12.1 Å². The van der Waals surface area contributed by atoms with Crippen LogP contribution in [-0.2, 0) is 7.05 Å². The normalized spacial score (nSPS) is 10.3. The first-order valence-electron chi connectivity index (χ1n) is 4.59. The maximum absolute atomic E-state index is 11.8. The van der Waals surface area contributed by atoms with E-state index in [-0.39, 0.29) is 5.75 Å². The van der Waals surface area contributed by atoms with Gasteiger partial charge in [-0.05, 0) is 12.1 Å². The van der Waals surface area contributed by atoms with Crippen LogP contribution < -0.4 is 10.2 Å². The number of ether oxygens (including phenoxy) is 1. The molecule has 0 aliphatic rings. The lowest BCUT2D eigenvalue weighted by atomic mass is 10.2. The summed E-state index contributed by atoms with van der Waals surface area (Å²) in [6.45, 7) is 0. The number of para-hydroxylation sites is 1. The standard InChI is InChI=1S/C11H9NO4/c1-12-6-9(16-11(14)15)10(13)7-4-2-3-5-8(7)12/h2-6H,1H3,(H,14,15). The van der Waals surface area contributed by atoms with Crippen molar-refractivity contribution >= 4 is 17.1 Å². The van der Waals surface area contributed by atoms with Gasteiger partial charge in [0.15, 0.2) is 5.75 Å². The zero-order valence-electron chi connectivity index (χ0n) is 8.51. The van der Waals surface area contributed by atoms with Crippen LogP contribution in [0.25, 0.3) is 10.9 Å². The van der Waals surface area contributed by atoms with E-state index in [0.29, 0.717) is 5.39 Å². The number of benzene rings is 1. The number of hydrogen-bond donors (Lipinski definition) is 1. The van der Waals surface area contributed by atoms with Gasteiger partial charge in [-0.25, -0.2) is 4.79 Å². The molecule has 0 fully saturated rings. The minimum atomic E-state index is -1.49. The third kappa shape index (κ3) is 1.63. The summed E-state index contributed by atoms with van der Waals surface area (Å²) in [4.78, 5) is 22.2.